The highest BCUT2D eigenvalue weighted by molar-refractivity contribution is 5.97. The van der Waals surface area contributed by atoms with Gasteiger partial charge in [0.2, 0.25) is 0 Å². The Hall–Kier alpha value is -3.54. The lowest BCUT2D eigenvalue weighted by molar-refractivity contribution is 0.0765. The molecule has 1 aliphatic rings. The van der Waals surface area contributed by atoms with Crippen molar-refractivity contribution in [2.24, 2.45) is 0 Å². The van der Waals surface area contributed by atoms with Gasteiger partial charge in [-0.25, -0.2) is 9.37 Å². The van der Waals surface area contributed by atoms with Crippen LogP contribution in [0.15, 0.2) is 67.3 Å². The van der Waals surface area contributed by atoms with Gasteiger partial charge in [0.25, 0.3) is 5.91 Å². The molecule has 0 saturated carbocycles. The summed E-state index contributed by atoms with van der Waals surface area (Å²) in [5.41, 5.74) is 4.36. The second kappa shape index (κ2) is 7.83. The smallest absolute Gasteiger partial charge is 0.256 e. The third-order valence-electron chi connectivity index (χ3n) is 4.88. The van der Waals surface area contributed by atoms with Crippen molar-refractivity contribution in [1.29, 1.82) is 0 Å². The van der Waals surface area contributed by atoms with Gasteiger partial charge in [0, 0.05) is 36.9 Å². The summed E-state index contributed by atoms with van der Waals surface area (Å²) in [5.74, 6) is -0.429. The molecule has 0 fully saturated rings. The van der Waals surface area contributed by atoms with Crippen LogP contribution in [0.25, 0.3) is 16.8 Å². The highest BCUT2D eigenvalue weighted by Crippen LogP contribution is 2.26. The van der Waals surface area contributed by atoms with E-state index < -0.39 is 0 Å². The molecule has 0 spiro atoms. The Morgan fingerprint density at radius 3 is 2.66 bits per heavy atom. The van der Waals surface area contributed by atoms with Gasteiger partial charge in [-0.15, -0.1) is 0 Å². The van der Waals surface area contributed by atoms with Gasteiger partial charge in [0.15, 0.2) is 0 Å². The van der Waals surface area contributed by atoms with Crippen LogP contribution < -0.4 is 0 Å². The van der Waals surface area contributed by atoms with Crippen LogP contribution in [0.5, 0.6) is 0 Å². The van der Waals surface area contributed by atoms with Crippen molar-refractivity contribution >= 4 is 11.6 Å². The maximum absolute atomic E-state index is 14.7. The molecule has 5 rings (SSSR count). The maximum atomic E-state index is 14.7. The van der Waals surface area contributed by atoms with Crippen molar-refractivity contribution in [2.75, 3.05) is 0 Å². The van der Waals surface area contributed by atoms with Crippen molar-refractivity contribution < 1.29 is 9.18 Å². The van der Waals surface area contributed by atoms with Gasteiger partial charge in [-0.05, 0) is 41.5 Å². The van der Waals surface area contributed by atoms with Gasteiger partial charge < -0.3 is 9.30 Å². The fourth-order valence-electron chi connectivity index (χ4n) is 3.46. The Bertz CT molecular complexity index is 1180. The lowest BCUT2D eigenvalue weighted by Gasteiger charge is -2.16. The molecule has 0 aliphatic carbocycles. The maximum Gasteiger partial charge on any atom is 0.256 e. The van der Waals surface area contributed by atoms with Crippen LogP contribution in [-0.2, 0) is 13.1 Å². The largest absolute Gasteiger partial charge is 0.328 e. The number of hydrogen-bond donors (Lipinski definition) is 0. The number of hydrogen-bond acceptors (Lipinski definition) is 3. The zero-order valence-corrected chi connectivity index (χ0v) is 16.3. The number of imidazole rings is 1. The van der Waals surface area contributed by atoms with Gasteiger partial charge >= 0.3 is 0 Å². The summed E-state index contributed by atoms with van der Waals surface area (Å²) in [6.45, 7) is 4.63. The van der Waals surface area contributed by atoms with Gasteiger partial charge in [-0.1, -0.05) is 26.0 Å². The van der Waals surface area contributed by atoms with Gasteiger partial charge in [-0.2, -0.15) is 0 Å². The fourth-order valence-corrected chi connectivity index (χ4v) is 3.46. The van der Waals surface area contributed by atoms with Gasteiger partial charge in [0.1, 0.15) is 11.5 Å². The molecular formula is C23H21FN4O. The Kier molecular flexibility index (Phi) is 5.08. The molecule has 0 N–H and O–H groups in total. The molecule has 146 valence electrons. The third-order valence-corrected chi connectivity index (χ3v) is 4.88. The zero-order valence-electron chi connectivity index (χ0n) is 16.3. The highest BCUT2D eigenvalue weighted by atomic mass is 19.1. The predicted molar refractivity (Wildman–Crippen MR) is 110 cm³/mol. The minimum Gasteiger partial charge on any atom is -0.328 e. The number of carbonyl (C=O) groups is 1. The van der Waals surface area contributed by atoms with Crippen molar-refractivity contribution in [1.82, 2.24) is 19.3 Å². The van der Waals surface area contributed by atoms with Crippen LogP contribution in [0.1, 0.15) is 35.5 Å². The second-order valence-electron chi connectivity index (χ2n) is 6.58. The van der Waals surface area contributed by atoms with Crippen LogP contribution in [-0.4, -0.2) is 25.2 Å². The molecule has 29 heavy (non-hydrogen) atoms. The molecule has 1 aliphatic heterocycles. The molecule has 4 aromatic rings. The number of halogens is 1. The van der Waals surface area contributed by atoms with Crippen LogP contribution in [0, 0.1) is 5.82 Å². The van der Waals surface area contributed by atoms with E-state index in [2.05, 4.69) is 9.97 Å². The summed E-state index contributed by atoms with van der Waals surface area (Å²) in [7, 11) is 0. The van der Waals surface area contributed by atoms with E-state index in [9.17, 15) is 9.18 Å². The van der Waals surface area contributed by atoms with E-state index in [0.29, 0.717) is 17.7 Å². The Labute approximate surface area is 168 Å². The second-order valence-corrected chi connectivity index (χ2v) is 6.58. The Balaban J connectivity index is 0.000000994. The average molecular weight is 388 g/mol. The summed E-state index contributed by atoms with van der Waals surface area (Å²) in [6.07, 6.45) is 7.17. The van der Waals surface area contributed by atoms with Gasteiger partial charge in [-0.3, -0.25) is 9.78 Å². The first kappa shape index (κ1) is 18.8. The van der Waals surface area contributed by atoms with E-state index >= 15 is 0 Å². The van der Waals surface area contributed by atoms with Crippen LogP contribution in [0.2, 0.25) is 0 Å². The van der Waals surface area contributed by atoms with Crippen molar-refractivity contribution in [2.45, 2.75) is 26.9 Å². The van der Waals surface area contributed by atoms with Crippen molar-refractivity contribution in [3.8, 4) is 11.1 Å². The number of fused-ring (bicyclic) bond motifs is 2. The van der Waals surface area contributed by atoms with Crippen LogP contribution in [0.3, 0.4) is 0 Å². The minimum atomic E-state index is -0.324. The molecule has 0 saturated heterocycles. The molecular weight excluding hydrogens is 367 g/mol. The van der Waals surface area contributed by atoms with E-state index in [0.717, 1.165) is 22.5 Å². The molecule has 5 nitrogen and oxygen atoms in total. The molecule has 0 unspecified atom stereocenters. The standard InChI is InChI=1S/C21H15FN4O.C2H6/c22-18-10-14(15-5-6-20-24-8-9-25(20)11-15)3-4-16(18)12-26-13-19-17(21(26)27)2-1-7-23-19;1-2/h1-11H,12-13H2;1-2H3. The topological polar surface area (TPSA) is 50.5 Å². The van der Waals surface area contributed by atoms with Crippen LogP contribution in [0.4, 0.5) is 4.39 Å². The summed E-state index contributed by atoms with van der Waals surface area (Å²) in [5, 5.41) is 0. The monoisotopic (exact) mass is 388 g/mol. The van der Waals surface area contributed by atoms with E-state index in [1.807, 2.05) is 48.8 Å². The number of benzene rings is 1. The molecule has 0 radical (unpaired) electrons. The summed E-state index contributed by atoms with van der Waals surface area (Å²) >= 11 is 0. The number of aromatic nitrogens is 3. The SMILES string of the molecule is CC.O=C1c2cccnc2CN1Cc1ccc(-c2ccc3nccn3c2)cc1F. The fraction of sp³-hybridized carbons (Fsp3) is 0.174. The Morgan fingerprint density at radius 2 is 1.86 bits per heavy atom. The molecule has 0 atom stereocenters. The summed E-state index contributed by atoms with van der Waals surface area (Å²) < 4.78 is 16.6. The van der Waals surface area contributed by atoms with Crippen molar-refractivity contribution in [3.05, 3.63) is 89.9 Å². The third kappa shape index (κ3) is 3.49. The summed E-state index contributed by atoms with van der Waals surface area (Å²) in [6, 6.07) is 12.5. The number of nitrogens with zero attached hydrogens (tertiary/aromatic N) is 4. The summed E-state index contributed by atoms with van der Waals surface area (Å²) in [4.78, 5) is 22.5. The molecule has 1 amide bonds. The molecule has 0 bridgehead atoms. The lowest BCUT2D eigenvalue weighted by Crippen LogP contribution is -2.23. The molecule has 3 aromatic heterocycles. The van der Waals surface area contributed by atoms with E-state index in [1.165, 1.54) is 6.07 Å². The first-order valence-corrected chi connectivity index (χ1v) is 9.64. The van der Waals surface area contributed by atoms with Gasteiger partial charge in [0.05, 0.1) is 17.8 Å². The first-order valence-electron chi connectivity index (χ1n) is 9.64. The minimum absolute atomic E-state index is 0.105. The van der Waals surface area contributed by atoms with E-state index in [-0.39, 0.29) is 18.3 Å². The molecule has 6 heteroatoms. The first-order chi connectivity index (χ1) is 14.2. The number of pyridine rings is 2. The average Bonchev–Trinajstić information content (AvgIpc) is 3.35. The predicted octanol–water partition coefficient (Wildman–Crippen LogP) is 4.72. The van der Waals surface area contributed by atoms with Crippen molar-refractivity contribution in [3.63, 3.8) is 0 Å². The normalized spacial score (nSPS) is 12.7. The molecule has 1 aromatic carbocycles. The Morgan fingerprint density at radius 1 is 1.03 bits per heavy atom. The number of carbonyl (C=O) groups excluding carboxylic acids is 1. The molecule has 4 heterocycles. The zero-order chi connectivity index (χ0) is 20.4. The van der Waals surface area contributed by atoms with Crippen LogP contribution >= 0.6 is 0 Å². The van der Waals surface area contributed by atoms with E-state index in [1.54, 1.807) is 35.5 Å². The number of rotatable bonds is 3. The number of amides is 1. The van der Waals surface area contributed by atoms with E-state index in [4.69, 9.17) is 0 Å². The quantitative estimate of drug-likeness (QED) is 0.510. The highest BCUT2D eigenvalue weighted by Gasteiger charge is 2.28. The lowest BCUT2D eigenvalue weighted by atomic mass is 10.0.